The molecule has 2 N–H and O–H groups in total. The maximum Gasteiger partial charge on any atom is 0.326 e. The van der Waals surface area contributed by atoms with Crippen LogP contribution in [0, 0.1) is 5.92 Å². The highest BCUT2D eigenvalue weighted by atomic mass is 16.4. The van der Waals surface area contributed by atoms with Crippen LogP contribution in [0.15, 0.2) is 18.6 Å². The zero-order valence-electron chi connectivity index (χ0n) is 15.1. The first kappa shape index (κ1) is 19.6. The first-order valence-corrected chi connectivity index (χ1v) is 8.69. The molecule has 0 spiro atoms. The summed E-state index contributed by atoms with van der Waals surface area (Å²) in [5, 5.41) is 11.9. The average molecular weight is 363 g/mol. The van der Waals surface area contributed by atoms with Crippen molar-refractivity contribution < 1.29 is 19.5 Å². The molecule has 0 radical (unpaired) electrons. The van der Waals surface area contributed by atoms with Crippen LogP contribution >= 0.6 is 0 Å². The van der Waals surface area contributed by atoms with Gasteiger partial charge < -0.3 is 20.2 Å². The van der Waals surface area contributed by atoms with Crippen LogP contribution in [-0.2, 0) is 14.4 Å². The summed E-state index contributed by atoms with van der Waals surface area (Å²) in [7, 11) is 0. The van der Waals surface area contributed by atoms with Gasteiger partial charge in [0.1, 0.15) is 11.9 Å². The van der Waals surface area contributed by atoms with Crippen LogP contribution < -0.4 is 10.2 Å². The summed E-state index contributed by atoms with van der Waals surface area (Å²) in [5.41, 5.74) is 0. The van der Waals surface area contributed by atoms with E-state index in [0.717, 1.165) is 5.82 Å². The molecule has 2 rings (SSSR count). The molecule has 2 heterocycles. The molecule has 1 aliphatic rings. The van der Waals surface area contributed by atoms with Gasteiger partial charge in [-0.15, -0.1) is 0 Å². The number of rotatable bonds is 7. The van der Waals surface area contributed by atoms with E-state index in [0.29, 0.717) is 25.9 Å². The maximum absolute atomic E-state index is 12.9. The van der Waals surface area contributed by atoms with Gasteiger partial charge in [-0.1, -0.05) is 0 Å². The zero-order valence-corrected chi connectivity index (χ0v) is 15.1. The van der Waals surface area contributed by atoms with Gasteiger partial charge in [-0.2, -0.15) is 0 Å². The van der Waals surface area contributed by atoms with E-state index >= 15 is 0 Å². The molecule has 9 heteroatoms. The molecular formula is C17H25N5O4. The summed E-state index contributed by atoms with van der Waals surface area (Å²) in [4.78, 5) is 47.0. The van der Waals surface area contributed by atoms with Crippen LogP contribution in [-0.4, -0.2) is 70.0 Å². The molecule has 9 nitrogen and oxygen atoms in total. The SMILES string of the molecule is CC(=O)NCCN(C(=O)C1CCN(c2cnccn2)CC1)C(C)C(=O)O. The Morgan fingerprint density at radius 1 is 1.35 bits per heavy atom. The second-order valence-electron chi connectivity index (χ2n) is 6.35. The third-order valence-corrected chi connectivity index (χ3v) is 4.55. The molecule has 142 valence electrons. The quantitative estimate of drug-likeness (QED) is 0.707. The molecule has 1 fully saturated rings. The highest BCUT2D eigenvalue weighted by Crippen LogP contribution is 2.23. The van der Waals surface area contributed by atoms with Crippen LogP contribution in [0.1, 0.15) is 26.7 Å². The summed E-state index contributed by atoms with van der Waals surface area (Å²) in [6.45, 7) is 4.61. The summed E-state index contributed by atoms with van der Waals surface area (Å²) in [5.74, 6) is -0.901. The van der Waals surface area contributed by atoms with Crippen molar-refractivity contribution in [2.24, 2.45) is 5.92 Å². The molecule has 1 aromatic heterocycles. The van der Waals surface area contributed by atoms with Crippen molar-refractivity contribution in [3.05, 3.63) is 18.6 Å². The molecule has 26 heavy (non-hydrogen) atoms. The first-order valence-electron chi connectivity index (χ1n) is 8.69. The van der Waals surface area contributed by atoms with Gasteiger partial charge >= 0.3 is 5.97 Å². The number of anilines is 1. The fourth-order valence-corrected chi connectivity index (χ4v) is 3.02. The topological polar surface area (TPSA) is 116 Å². The fourth-order valence-electron chi connectivity index (χ4n) is 3.02. The number of aliphatic carboxylic acids is 1. The van der Waals surface area contributed by atoms with Crippen molar-refractivity contribution in [1.82, 2.24) is 20.2 Å². The number of aromatic nitrogens is 2. The van der Waals surface area contributed by atoms with Gasteiger partial charge in [0.05, 0.1) is 6.20 Å². The molecule has 1 unspecified atom stereocenters. The van der Waals surface area contributed by atoms with E-state index in [4.69, 9.17) is 0 Å². The predicted molar refractivity (Wildman–Crippen MR) is 94.5 cm³/mol. The second-order valence-corrected chi connectivity index (χ2v) is 6.35. The summed E-state index contributed by atoms with van der Waals surface area (Å²) >= 11 is 0. The minimum atomic E-state index is -1.06. The number of nitrogens with zero attached hydrogens (tertiary/aromatic N) is 4. The van der Waals surface area contributed by atoms with Crippen LogP contribution in [0.3, 0.4) is 0 Å². The highest BCUT2D eigenvalue weighted by molar-refractivity contribution is 5.85. The van der Waals surface area contributed by atoms with Crippen molar-refractivity contribution >= 4 is 23.6 Å². The van der Waals surface area contributed by atoms with Crippen molar-refractivity contribution in [2.45, 2.75) is 32.7 Å². The van der Waals surface area contributed by atoms with Gasteiger partial charge in [0.15, 0.2) is 0 Å². The Morgan fingerprint density at radius 2 is 2.04 bits per heavy atom. The number of carbonyl (C=O) groups excluding carboxylic acids is 2. The van der Waals surface area contributed by atoms with Gasteiger partial charge in [-0.25, -0.2) is 9.78 Å². The van der Waals surface area contributed by atoms with E-state index < -0.39 is 12.0 Å². The molecule has 0 aliphatic carbocycles. The number of amides is 2. The molecule has 1 aliphatic heterocycles. The van der Waals surface area contributed by atoms with Crippen molar-refractivity contribution in [3.8, 4) is 0 Å². The minimum absolute atomic E-state index is 0.177. The Balaban J connectivity index is 1.97. The number of hydrogen-bond donors (Lipinski definition) is 2. The number of carboxylic acid groups (broad SMARTS) is 1. The van der Waals surface area contributed by atoms with Gasteiger partial charge in [0.2, 0.25) is 11.8 Å². The summed E-state index contributed by atoms with van der Waals surface area (Å²) in [6.07, 6.45) is 6.18. The van der Waals surface area contributed by atoms with E-state index in [9.17, 15) is 19.5 Å². The lowest BCUT2D eigenvalue weighted by molar-refractivity contribution is -0.151. The lowest BCUT2D eigenvalue weighted by Crippen LogP contribution is -2.50. The lowest BCUT2D eigenvalue weighted by atomic mass is 9.94. The first-order chi connectivity index (χ1) is 12.4. The van der Waals surface area contributed by atoms with E-state index in [2.05, 4.69) is 20.2 Å². The maximum atomic E-state index is 12.9. The zero-order chi connectivity index (χ0) is 19.1. The average Bonchev–Trinajstić information content (AvgIpc) is 2.65. The van der Waals surface area contributed by atoms with Crippen LogP contribution in [0.5, 0.6) is 0 Å². The number of piperidine rings is 1. The van der Waals surface area contributed by atoms with Crippen molar-refractivity contribution in [2.75, 3.05) is 31.1 Å². The van der Waals surface area contributed by atoms with E-state index in [1.807, 2.05) is 0 Å². The standard InChI is InChI=1S/C17H25N5O4/c1-12(17(25)26)22(10-7-19-13(2)23)16(24)14-3-8-21(9-4-14)15-11-18-5-6-20-15/h5-6,11-12,14H,3-4,7-10H2,1-2H3,(H,19,23)(H,25,26). The molecule has 1 atom stereocenters. The van der Waals surface area contributed by atoms with Crippen molar-refractivity contribution in [3.63, 3.8) is 0 Å². The monoisotopic (exact) mass is 363 g/mol. The molecule has 1 saturated heterocycles. The Morgan fingerprint density at radius 3 is 2.58 bits per heavy atom. The lowest BCUT2D eigenvalue weighted by Gasteiger charge is -2.36. The summed E-state index contributed by atoms with van der Waals surface area (Å²) in [6, 6.07) is -0.936. The van der Waals surface area contributed by atoms with Gasteiger partial charge in [-0.05, 0) is 19.8 Å². The third-order valence-electron chi connectivity index (χ3n) is 4.55. The molecular weight excluding hydrogens is 338 g/mol. The Labute approximate surface area is 152 Å². The fraction of sp³-hybridized carbons (Fsp3) is 0.588. The van der Waals surface area contributed by atoms with Crippen LogP contribution in [0.4, 0.5) is 5.82 Å². The van der Waals surface area contributed by atoms with E-state index in [1.165, 1.54) is 18.7 Å². The number of carboxylic acids is 1. The molecule has 0 saturated carbocycles. The van der Waals surface area contributed by atoms with Crippen LogP contribution in [0.2, 0.25) is 0 Å². The smallest absolute Gasteiger partial charge is 0.326 e. The molecule has 1 aromatic rings. The van der Waals surface area contributed by atoms with Gasteiger partial charge in [0, 0.05) is 51.4 Å². The Kier molecular flexibility index (Phi) is 6.88. The van der Waals surface area contributed by atoms with E-state index in [1.54, 1.807) is 18.6 Å². The summed E-state index contributed by atoms with van der Waals surface area (Å²) < 4.78 is 0. The highest BCUT2D eigenvalue weighted by Gasteiger charge is 2.33. The molecule has 0 aromatic carbocycles. The second kappa shape index (κ2) is 9.12. The van der Waals surface area contributed by atoms with Gasteiger partial charge in [-0.3, -0.25) is 14.6 Å². The van der Waals surface area contributed by atoms with E-state index in [-0.39, 0.29) is 30.8 Å². The van der Waals surface area contributed by atoms with Crippen molar-refractivity contribution in [1.29, 1.82) is 0 Å². The normalized spacial score (nSPS) is 16.0. The number of carbonyl (C=O) groups is 3. The minimum Gasteiger partial charge on any atom is -0.480 e. The number of nitrogens with one attached hydrogen (secondary N) is 1. The largest absolute Gasteiger partial charge is 0.480 e. The molecule has 2 amide bonds. The van der Waals surface area contributed by atoms with Crippen LogP contribution in [0.25, 0.3) is 0 Å². The Hall–Kier alpha value is -2.71. The Bertz CT molecular complexity index is 631. The molecule has 0 bridgehead atoms. The van der Waals surface area contributed by atoms with Gasteiger partial charge in [0.25, 0.3) is 0 Å². The third kappa shape index (κ3) is 5.14. The number of hydrogen-bond acceptors (Lipinski definition) is 6. The predicted octanol–water partition coefficient (Wildman–Crippen LogP) is 0.131.